The number of carbonyl (C=O) groups is 4. The van der Waals surface area contributed by atoms with Gasteiger partial charge >= 0.3 is 12.2 Å². The molecule has 0 aromatic rings. The van der Waals surface area contributed by atoms with E-state index in [4.69, 9.17) is 10.2 Å². The van der Waals surface area contributed by atoms with Gasteiger partial charge in [-0.15, -0.1) is 0 Å². The van der Waals surface area contributed by atoms with Gasteiger partial charge in [-0.1, -0.05) is 0 Å². The lowest BCUT2D eigenvalue weighted by Gasteiger charge is -2.52. The van der Waals surface area contributed by atoms with Gasteiger partial charge in [-0.2, -0.15) is 0 Å². The molecule has 0 aromatic heterocycles. The maximum absolute atomic E-state index is 11.5. The van der Waals surface area contributed by atoms with E-state index in [1.807, 2.05) is 0 Å². The summed E-state index contributed by atoms with van der Waals surface area (Å²) in [4.78, 5) is 45.4. The van der Waals surface area contributed by atoms with Crippen molar-refractivity contribution in [2.75, 3.05) is 0 Å². The summed E-state index contributed by atoms with van der Waals surface area (Å²) < 4.78 is 0. The maximum atomic E-state index is 11.5. The van der Waals surface area contributed by atoms with Gasteiger partial charge in [0.25, 0.3) is 0 Å². The van der Waals surface area contributed by atoms with Gasteiger partial charge in [-0.3, -0.25) is 20.2 Å². The van der Waals surface area contributed by atoms with Gasteiger partial charge in [0.15, 0.2) is 11.3 Å². The lowest BCUT2D eigenvalue weighted by atomic mass is 9.77. The van der Waals surface area contributed by atoms with E-state index in [0.717, 1.165) is 0 Å². The molecule has 10 nitrogen and oxygen atoms in total. The third-order valence-electron chi connectivity index (χ3n) is 3.50. The molecule has 0 bridgehead atoms. The second-order valence-corrected chi connectivity index (χ2v) is 5.24. The largest absolute Gasteiger partial charge is 0.465 e. The SMILES string of the molecule is CC(=O)N[C@@]1(NC(=O)O)CCCC[C@@]1(NC(C)=O)NC(=O)O. The van der Waals surface area contributed by atoms with Gasteiger partial charge in [0.1, 0.15) is 0 Å². The summed E-state index contributed by atoms with van der Waals surface area (Å²) >= 11 is 0. The average Bonchev–Trinajstić information content (AvgIpc) is 2.29. The predicted octanol–water partition coefficient (Wildman–Crippen LogP) is -0.240. The molecule has 0 heterocycles. The van der Waals surface area contributed by atoms with Crippen molar-refractivity contribution in [3.63, 3.8) is 0 Å². The zero-order chi connectivity index (χ0) is 17.0. The molecule has 4 amide bonds. The predicted molar refractivity (Wildman–Crippen MR) is 73.9 cm³/mol. The third-order valence-corrected chi connectivity index (χ3v) is 3.50. The molecule has 0 radical (unpaired) electrons. The molecule has 1 rings (SSSR count). The Morgan fingerprint density at radius 2 is 1.05 bits per heavy atom. The van der Waals surface area contributed by atoms with Crippen LogP contribution >= 0.6 is 0 Å². The summed E-state index contributed by atoms with van der Waals surface area (Å²) in [6.45, 7) is 2.36. The minimum absolute atomic E-state index is 0.124. The van der Waals surface area contributed by atoms with Crippen LogP contribution in [-0.2, 0) is 9.59 Å². The van der Waals surface area contributed by atoms with Gasteiger partial charge in [-0.25, -0.2) is 9.59 Å². The zero-order valence-electron chi connectivity index (χ0n) is 12.4. The number of nitrogens with one attached hydrogen (secondary N) is 4. The molecule has 1 aliphatic rings. The monoisotopic (exact) mass is 316 g/mol. The number of hydrogen-bond donors (Lipinski definition) is 6. The zero-order valence-corrected chi connectivity index (χ0v) is 12.4. The highest BCUT2D eigenvalue weighted by molar-refractivity contribution is 5.79. The molecule has 0 saturated heterocycles. The van der Waals surface area contributed by atoms with Crippen LogP contribution in [0.5, 0.6) is 0 Å². The fraction of sp³-hybridized carbons (Fsp3) is 0.667. The van der Waals surface area contributed by atoms with Crippen molar-refractivity contribution >= 4 is 24.0 Å². The molecule has 0 unspecified atom stereocenters. The minimum atomic E-state index is -1.67. The molecule has 6 N–H and O–H groups in total. The molecular weight excluding hydrogens is 296 g/mol. The van der Waals surface area contributed by atoms with Gasteiger partial charge in [0.2, 0.25) is 11.8 Å². The quantitative estimate of drug-likeness (QED) is 0.393. The molecule has 0 aliphatic heterocycles. The smallest absolute Gasteiger partial charge is 0.406 e. The highest BCUT2D eigenvalue weighted by Gasteiger charge is 2.56. The molecule has 1 saturated carbocycles. The Morgan fingerprint density at radius 1 is 0.727 bits per heavy atom. The van der Waals surface area contributed by atoms with Crippen molar-refractivity contribution in [2.24, 2.45) is 0 Å². The van der Waals surface area contributed by atoms with Gasteiger partial charge in [0, 0.05) is 13.8 Å². The van der Waals surface area contributed by atoms with E-state index in [2.05, 4.69) is 21.3 Å². The van der Waals surface area contributed by atoms with Crippen LogP contribution in [-0.4, -0.2) is 45.5 Å². The van der Waals surface area contributed by atoms with E-state index < -0.39 is 35.3 Å². The van der Waals surface area contributed by atoms with Gasteiger partial charge in [0.05, 0.1) is 0 Å². The van der Waals surface area contributed by atoms with Crippen molar-refractivity contribution in [2.45, 2.75) is 50.9 Å². The van der Waals surface area contributed by atoms with Crippen molar-refractivity contribution in [1.82, 2.24) is 21.3 Å². The molecule has 124 valence electrons. The first-order valence-electron chi connectivity index (χ1n) is 6.72. The summed E-state index contributed by atoms with van der Waals surface area (Å²) in [5, 5.41) is 27.4. The summed E-state index contributed by atoms with van der Waals surface area (Å²) in [5.41, 5.74) is -3.35. The maximum Gasteiger partial charge on any atom is 0.406 e. The summed E-state index contributed by atoms with van der Waals surface area (Å²) in [6, 6.07) is 0. The Labute approximate surface area is 126 Å². The number of hydrogen-bond acceptors (Lipinski definition) is 4. The highest BCUT2D eigenvalue weighted by Crippen LogP contribution is 2.34. The molecule has 2 atom stereocenters. The van der Waals surface area contributed by atoms with Crippen LogP contribution in [0, 0.1) is 0 Å². The van der Waals surface area contributed by atoms with E-state index in [-0.39, 0.29) is 12.8 Å². The van der Waals surface area contributed by atoms with E-state index in [9.17, 15) is 19.2 Å². The Hall–Kier alpha value is -2.52. The molecule has 1 fully saturated rings. The molecule has 10 heteroatoms. The summed E-state index contributed by atoms with van der Waals surface area (Å²) in [5.74, 6) is -1.12. The first-order valence-corrected chi connectivity index (χ1v) is 6.72. The van der Waals surface area contributed by atoms with Crippen LogP contribution in [0.4, 0.5) is 9.59 Å². The Morgan fingerprint density at radius 3 is 1.27 bits per heavy atom. The highest BCUT2D eigenvalue weighted by atomic mass is 16.4. The van der Waals surface area contributed by atoms with E-state index in [0.29, 0.717) is 12.8 Å². The van der Waals surface area contributed by atoms with Crippen LogP contribution < -0.4 is 21.3 Å². The van der Waals surface area contributed by atoms with Crippen LogP contribution in [0.1, 0.15) is 39.5 Å². The van der Waals surface area contributed by atoms with E-state index >= 15 is 0 Å². The second-order valence-electron chi connectivity index (χ2n) is 5.24. The first kappa shape index (κ1) is 17.5. The number of amides is 4. The van der Waals surface area contributed by atoms with Crippen LogP contribution in [0.15, 0.2) is 0 Å². The van der Waals surface area contributed by atoms with Gasteiger partial charge in [-0.05, 0) is 25.7 Å². The van der Waals surface area contributed by atoms with Crippen molar-refractivity contribution < 1.29 is 29.4 Å². The number of rotatable bonds is 4. The Bertz CT molecular complexity index is 416. The number of carbonyl (C=O) groups excluding carboxylic acids is 2. The fourth-order valence-corrected chi connectivity index (χ4v) is 2.91. The number of carboxylic acid groups (broad SMARTS) is 2. The van der Waals surface area contributed by atoms with E-state index in [1.54, 1.807) is 0 Å². The van der Waals surface area contributed by atoms with Crippen molar-refractivity contribution in [3.05, 3.63) is 0 Å². The summed E-state index contributed by atoms with van der Waals surface area (Å²) in [6.07, 6.45) is -1.55. The molecule has 0 spiro atoms. The Kier molecular flexibility index (Phi) is 5.18. The van der Waals surface area contributed by atoms with E-state index in [1.165, 1.54) is 13.8 Å². The van der Waals surface area contributed by atoms with Crippen molar-refractivity contribution in [1.29, 1.82) is 0 Å². The lowest BCUT2D eigenvalue weighted by molar-refractivity contribution is -0.129. The molecule has 1 aliphatic carbocycles. The van der Waals surface area contributed by atoms with Gasteiger partial charge < -0.3 is 20.8 Å². The third kappa shape index (κ3) is 3.77. The van der Waals surface area contributed by atoms with Crippen LogP contribution in [0.3, 0.4) is 0 Å². The standard InChI is InChI=1S/C12H20N4O6/c1-7(17)13-11(15-9(19)20)5-3-4-6-12(11,14-8(2)18)16-10(21)22/h15-16H,3-6H2,1-2H3,(H,13,17)(H,14,18)(H,19,20)(H,21,22)/t11-,12-/m1/s1. The topological polar surface area (TPSA) is 157 Å². The average molecular weight is 316 g/mol. The second kappa shape index (κ2) is 6.50. The molecule has 22 heavy (non-hydrogen) atoms. The summed E-state index contributed by atoms with van der Waals surface area (Å²) in [7, 11) is 0. The lowest BCUT2D eigenvalue weighted by Crippen LogP contribution is -2.83. The molecular formula is C12H20N4O6. The fourth-order valence-electron chi connectivity index (χ4n) is 2.91. The normalized spacial score (nSPS) is 27.4. The van der Waals surface area contributed by atoms with Crippen molar-refractivity contribution in [3.8, 4) is 0 Å². The molecule has 0 aromatic carbocycles. The van der Waals surface area contributed by atoms with Crippen LogP contribution in [0.25, 0.3) is 0 Å². The van der Waals surface area contributed by atoms with Crippen LogP contribution in [0.2, 0.25) is 0 Å². The minimum Gasteiger partial charge on any atom is -0.465 e. The Balaban J connectivity index is 3.39. The first-order chi connectivity index (χ1) is 10.1.